The molecule has 0 radical (unpaired) electrons. The lowest BCUT2D eigenvalue weighted by Crippen LogP contribution is -2.51. The van der Waals surface area contributed by atoms with Crippen LogP contribution >= 0.6 is 0 Å². The van der Waals surface area contributed by atoms with Crippen molar-refractivity contribution in [2.24, 2.45) is 0 Å². The number of hydrogen-bond donors (Lipinski definition) is 1. The summed E-state index contributed by atoms with van der Waals surface area (Å²) in [6.45, 7) is 10.1. The zero-order valence-electron chi connectivity index (χ0n) is 13.5. The van der Waals surface area contributed by atoms with E-state index in [0.717, 1.165) is 19.4 Å². The fraction of sp³-hybridized carbons (Fsp3) is 0.647. The average molecular weight is 262 g/mol. The van der Waals surface area contributed by atoms with Gasteiger partial charge in [0.1, 0.15) is 0 Å². The Hall–Kier alpha value is -0.860. The van der Waals surface area contributed by atoms with Crippen molar-refractivity contribution in [2.75, 3.05) is 20.6 Å². The van der Waals surface area contributed by atoms with Crippen molar-refractivity contribution in [1.82, 2.24) is 10.2 Å². The molecule has 0 fully saturated rings. The van der Waals surface area contributed by atoms with E-state index in [4.69, 9.17) is 0 Å². The highest BCUT2D eigenvalue weighted by molar-refractivity contribution is 5.31. The summed E-state index contributed by atoms with van der Waals surface area (Å²) >= 11 is 0. The molecule has 2 unspecified atom stereocenters. The van der Waals surface area contributed by atoms with Crippen LogP contribution < -0.4 is 5.32 Å². The first-order valence-electron chi connectivity index (χ1n) is 7.43. The van der Waals surface area contributed by atoms with Crippen LogP contribution in [0.3, 0.4) is 0 Å². The van der Waals surface area contributed by atoms with Crippen LogP contribution in [0.5, 0.6) is 0 Å². The highest BCUT2D eigenvalue weighted by Gasteiger charge is 2.35. The number of nitrogens with one attached hydrogen (secondary N) is 1. The molecule has 0 bridgehead atoms. The van der Waals surface area contributed by atoms with Crippen molar-refractivity contribution in [3.05, 3.63) is 35.4 Å². The van der Waals surface area contributed by atoms with E-state index in [1.54, 1.807) is 0 Å². The minimum Gasteiger partial charge on any atom is -0.308 e. The molecule has 0 aliphatic carbocycles. The largest absolute Gasteiger partial charge is 0.308 e. The van der Waals surface area contributed by atoms with Gasteiger partial charge in [-0.2, -0.15) is 0 Å². The van der Waals surface area contributed by atoms with Crippen LogP contribution in [0, 0.1) is 6.92 Å². The van der Waals surface area contributed by atoms with E-state index in [2.05, 4.69) is 76.3 Å². The number of aryl methyl sites for hydroxylation is 1. The summed E-state index contributed by atoms with van der Waals surface area (Å²) < 4.78 is 0. The van der Waals surface area contributed by atoms with Gasteiger partial charge in [-0.1, -0.05) is 38.1 Å². The standard InChI is InChI=1S/C17H30N2/c1-7-13-18-16(17(4,8-2)19(5)6)15-12-10-9-11-14(15)3/h9-12,16,18H,7-8,13H2,1-6H3. The Kier molecular flexibility index (Phi) is 6.02. The Morgan fingerprint density at radius 1 is 1.21 bits per heavy atom. The Morgan fingerprint density at radius 2 is 1.84 bits per heavy atom. The quantitative estimate of drug-likeness (QED) is 0.805. The molecule has 0 saturated carbocycles. The maximum absolute atomic E-state index is 3.76. The number of nitrogens with zero attached hydrogens (tertiary/aromatic N) is 1. The van der Waals surface area contributed by atoms with Gasteiger partial charge in [-0.15, -0.1) is 0 Å². The van der Waals surface area contributed by atoms with Crippen molar-refractivity contribution in [3.63, 3.8) is 0 Å². The molecule has 2 heteroatoms. The Labute approximate surface area is 119 Å². The maximum Gasteiger partial charge on any atom is 0.0506 e. The van der Waals surface area contributed by atoms with E-state index in [0.29, 0.717) is 6.04 Å². The molecule has 0 saturated heterocycles. The van der Waals surface area contributed by atoms with Gasteiger partial charge in [-0.05, 0) is 58.5 Å². The second-order valence-electron chi connectivity index (χ2n) is 5.85. The highest BCUT2D eigenvalue weighted by atomic mass is 15.2. The van der Waals surface area contributed by atoms with Gasteiger partial charge in [-0.25, -0.2) is 0 Å². The predicted octanol–water partition coefficient (Wildman–Crippen LogP) is 3.77. The van der Waals surface area contributed by atoms with Crippen LogP contribution in [0.2, 0.25) is 0 Å². The van der Waals surface area contributed by atoms with E-state index >= 15 is 0 Å². The summed E-state index contributed by atoms with van der Waals surface area (Å²) in [6.07, 6.45) is 2.28. The van der Waals surface area contributed by atoms with Crippen LogP contribution in [0.25, 0.3) is 0 Å². The fourth-order valence-electron chi connectivity index (χ4n) is 2.64. The highest BCUT2D eigenvalue weighted by Crippen LogP contribution is 2.34. The molecule has 1 N–H and O–H groups in total. The molecule has 0 heterocycles. The second kappa shape index (κ2) is 7.06. The van der Waals surface area contributed by atoms with Crippen LogP contribution in [0.15, 0.2) is 24.3 Å². The molecule has 1 rings (SSSR count). The molecular weight excluding hydrogens is 232 g/mol. The lowest BCUT2D eigenvalue weighted by atomic mass is 9.82. The first kappa shape index (κ1) is 16.2. The van der Waals surface area contributed by atoms with Crippen molar-refractivity contribution in [3.8, 4) is 0 Å². The van der Waals surface area contributed by atoms with E-state index in [1.165, 1.54) is 11.1 Å². The average Bonchev–Trinajstić information content (AvgIpc) is 2.40. The third-order valence-corrected chi connectivity index (χ3v) is 4.46. The summed E-state index contributed by atoms with van der Waals surface area (Å²) in [5.41, 5.74) is 2.92. The minimum atomic E-state index is 0.126. The summed E-state index contributed by atoms with van der Waals surface area (Å²) in [5, 5.41) is 3.76. The van der Waals surface area contributed by atoms with Gasteiger partial charge in [0.05, 0.1) is 6.04 Å². The van der Waals surface area contributed by atoms with Gasteiger partial charge in [-0.3, -0.25) is 0 Å². The van der Waals surface area contributed by atoms with Gasteiger partial charge in [0.2, 0.25) is 0 Å². The summed E-state index contributed by atoms with van der Waals surface area (Å²) in [4.78, 5) is 2.35. The van der Waals surface area contributed by atoms with Gasteiger partial charge in [0, 0.05) is 5.54 Å². The lowest BCUT2D eigenvalue weighted by molar-refractivity contribution is 0.112. The Morgan fingerprint density at radius 3 is 2.32 bits per heavy atom. The van der Waals surface area contributed by atoms with Crippen LogP contribution in [0.4, 0.5) is 0 Å². The minimum absolute atomic E-state index is 0.126. The van der Waals surface area contributed by atoms with Crippen LogP contribution in [-0.2, 0) is 0 Å². The van der Waals surface area contributed by atoms with Crippen molar-refractivity contribution in [1.29, 1.82) is 0 Å². The molecule has 1 aromatic carbocycles. The normalized spacial score (nSPS) is 16.4. The van der Waals surface area contributed by atoms with Crippen LogP contribution in [-0.4, -0.2) is 31.1 Å². The van der Waals surface area contributed by atoms with Gasteiger partial charge in [0.15, 0.2) is 0 Å². The summed E-state index contributed by atoms with van der Waals surface area (Å²) in [6, 6.07) is 9.11. The van der Waals surface area contributed by atoms with E-state index in [9.17, 15) is 0 Å². The molecule has 1 aromatic rings. The molecular formula is C17H30N2. The maximum atomic E-state index is 3.76. The molecule has 0 aliphatic rings. The van der Waals surface area contributed by atoms with Crippen molar-refractivity contribution >= 4 is 0 Å². The molecule has 0 aromatic heterocycles. The molecule has 0 spiro atoms. The topological polar surface area (TPSA) is 15.3 Å². The summed E-state index contributed by atoms with van der Waals surface area (Å²) in [5.74, 6) is 0. The van der Waals surface area contributed by atoms with Gasteiger partial charge < -0.3 is 10.2 Å². The first-order chi connectivity index (χ1) is 8.97. The van der Waals surface area contributed by atoms with E-state index in [1.807, 2.05) is 0 Å². The SMILES string of the molecule is CCCNC(c1ccccc1C)C(C)(CC)N(C)C. The van der Waals surface area contributed by atoms with E-state index in [-0.39, 0.29) is 5.54 Å². The lowest BCUT2D eigenvalue weighted by Gasteiger charge is -2.44. The number of rotatable bonds is 7. The molecule has 2 nitrogen and oxygen atoms in total. The van der Waals surface area contributed by atoms with Crippen molar-refractivity contribution < 1.29 is 0 Å². The van der Waals surface area contributed by atoms with Crippen LogP contribution in [0.1, 0.15) is 50.8 Å². The molecule has 108 valence electrons. The van der Waals surface area contributed by atoms with E-state index < -0.39 is 0 Å². The zero-order valence-corrected chi connectivity index (χ0v) is 13.5. The van der Waals surface area contributed by atoms with Crippen molar-refractivity contribution in [2.45, 2.75) is 52.1 Å². The summed E-state index contributed by atoms with van der Waals surface area (Å²) in [7, 11) is 4.37. The number of benzene rings is 1. The van der Waals surface area contributed by atoms with Gasteiger partial charge >= 0.3 is 0 Å². The third kappa shape index (κ3) is 3.58. The Bertz CT molecular complexity index is 387. The Balaban J connectivity index is 3.17. The number of likely N-dealkylation sites (N-methyl/N-ethyl adjacent to an activating group) is 1. The molecule has 0 aliphatic heterocycles. The monoisotopic (exact) mass is 262 g/mol. The predicted molar refractivity (Wildman–Crippen MR) is 84.6 cm³/mol. The second-order valence-corrected chi connectivity index (χ2v) is 5.85. The molecule has 2 atom stereocenters. The molecule has 19 heavy (non-hydrogen) atoms. The zero-order chi connectivity index (χ0) is 14.5. The first-order valence-corrected chi connectivity index (χ1v) is 7.43. The third-order valence-electron chi connectivity index (χ3n) is 4.46. The van der Waals surface area contributed by atoms with Gasteiger partial charge in [0.25, 0.3) is 0 Å². The molecule has 0 amide bonds. The number of hydrogen-bond acceptors (Lipinski definition) is 2. The fourth-order valence-corrected chi connectivity index (χ4v) is 2.64. The smallest absolute Gasteiger partial charge is 0.0506 e.